The van der Waals surface area contributed by atoms with Crippen molar-refractivity contribution in [1.29, 1.82) is 0 Å². The van der Waals surface area contributed by atoms with Crippen LogP contribution in [-0.4, -0.2) is 82.9 Å². The zero-order chi connectivity index (χ0) is 20.0. The molecule has 3 aromatic heterocycles. The number of amides is 1. The fraction of sp³-hybridized carbons (Fsp3) is 0.400. The second kappa shape index (κ2) is 6.79. The van der Waals surface area contributed by atoms with E-state index in [4.69, 9.17) is 10.5 Å². The van der Waals surface area contributed by atoms with Crippen LogP contribution in [0, 0.1) is 0 Å². The number of ether oxygens (including phenoxy) is 1. The summed E-state index contributed by atoms with van der Waals surface area (Å²) < 4.78 is 6.88. The molecule has 6 N–H and O–H groups in total. The third kappa shape index (κ3) is 2.77. The van der Waals surface area contributed by atoms with Crippen molar-refractivity contribution < 1.29 is 24.9 Å². The van der Waals surface area contributed by atoms with Gasteiger partial charge in [0.15, 0.2) is 17.7 Å². The van der Waals surface area contributed by atoms with Crippen molar-refractivity contribution in [2.75, 3.05) is 24.3 Å². The summed E-state index contributed by atoms with van der Waals surface area (Å²) in [7, 11) is 1.48. The summed E-state index contributed by atoms with van der Waals surface area (Å²) in [5.74, 6) is -0.381. The van der Waals surface area contributed by atoms with Crippen LogP contribution < -0.4 is 10.6 Å². The third-order valence-corrected chi connectivity index (χ3v) is 4.58. The molecule has 13 heteroatoms. The highest BCUT2D eigenvalue weighted by atomic mass is 16.6. The van der Waals surface area contributed by atoms with Gasteiger partial charge in [0.1, 0.15) is 23.8 Å². The van der Waals surface area contributed by atoms with Gasteiger partial charge in [-0.25, -0.2) is 4.98 Å². The predicted molar refractivity (Wildman–Crippen MR) is 94.1 cm³/mol. The Morgan fingerprint density at radius 2 is 2.18 bits per heavy atom. The van der Waals surface area contributed by atoms with Crippen LogP contribution in [0.15, 0.2) is 18.7 Å². The lowest BCUT2D eigenvalue weighted by Gasteiger charge is -2.18. The normalized spacial score (nSPS) is 24.7. The van der Waals surface area contributed by atoms with Gasteiger partial charge in [-0.15, -0.1) is 0 Å². The van der Waals surface area contributed by atoms with E-state index in [0.29, 0.717) is 5.56 Å². The van der Waals surface area contributed by atoms with E-state index in [-0.39, 0.29) is 22.9 Å². The zero-order valence-corrected chi connectivity index (χ0v) is 14.7. The maximum absolute atomic E-state index is 12.5. The predicted octanol–water partition coefficient (Wildman–Crippen LogP) is -1.98. The van der Waals surface area contributed by atoms with Crippen molar-refractivity contribution in [2.24, 2.45) is 0 Å². The van der Waals surface area contributed by atoms with Gasteiger partial charge in [0, 0.05) is 13.2 Å². The van der Waals surface area contributed by atoms with E-state index in [9.17, 15) is 20.1 Å². The van der Waals surface area contributed by atoms with Crippen LogP contribution in [0.25, 0.3) is 11.2 Å². The van der Waals surface area contributed by atoms with Gasteiger partial charge in [0.25, 0.3) is 5.91 Å². The molecule has 0 aromatic carbocycles. The molecule has 148 valence electrons. The van der Waals surface area contributed by atoms with Gasteiger partial charge in [-0.05, 0) is 0 Å². The van der Waals surface area contributed by atoms with Crippen molar-refractivity contribution in [2.45, 2.75) is 24.5 Å². The number of aliphatic hydroxyl groups excluding tert-OH is 3. The van der Waals surface area contributed by atoms with Crippen LogP contribution in [0.5, 0.6) is 0 Å². The monoisotopic (exact) mass is 390 g/mol. The molecule has 4 atom stereocenters. The Labute approximate surface area is 157 Å². The quantitative estimate of drug-likeness (QED) is 0.334. The molecule has 0 bridgehead atoms. The van der Waals surface area contributed by atoms with Gasteiger partial charge < -0.3 is 25.8 Å². The number of H-pyrrole nitrogens is 1. The number of fused-ring (bicyclic) bond motifs is 1. The van der Waals surface area contributed by atoms with E-state index in [1.54, 1.807) is 0 Å². The summed E-state index contributed by atoms with van der Waals surface area (Å²) in [5.41, 5.74) is 6.71. The second-order valence-electron chi connectivity index (χ2n) is 6.31. The average molecular weight is 390 g/mol. The molecule has 4 heterocycles. The van der Waals surface area contributed by atoms with E-state index in [1.165, 1.54) is 35.2 Å². The van der Waals surface area contributed by atoms with E-state index in [1.807, 2.05) is 0 Å². The molecule has 0 spiro atoms. The first-order chi connectivity index (χ1) is 13.4. The van der Waals surface area contributed by atoms with E-state index in [2.05, 4.69) is 25.1 Å². The number of aromatic amines is 1. The smallest absolute Gasteiger partial charge is 0.263 e. The Balaban J connectivity index is 1.74. The average Bonchev–Trinajstić information content (AvgIpc) is 3.41. The van der Waals surface area contributed by atoms with Crippen LogP contribution in [0.2, 0.25) is 0 Å². The van der Waals surface area contributed by atoms with E-state index < -0.39 is 37.1 Å². The molecule has 0 saturated carbocycles. The molecule has 3 aromatic rings. The molecule has 1 fully saturated rings. The minimum Gasteiger partial charge on any atom is -0.394 e. The molecule has 4 rings (SSSR count). The Bertz CT molecular complexity index is 1010. The van der Waals surface area contributed by atoms with Gasteiger partial charge in [-0.1, -0.05) is 0 Å². The summed E-state index contributed by atoms with van der Waals surface area (Å²) in [4.78, 5) is 26.3. The minimum absolute atomic E-state index is 0.00435. The molecule has 0 radical (unpaired) electrons. The number of anilines is 2. The molecule has 1 amide bonds. The summed E-state index contributed by atoms with van der Waals surface area (Å²) in [5, 5.41) is 35.8. The van der Waals surface area contributed by atoms with Crippen molar-refractivity contribution in [3.05, 3.63) is 24.3 Å². The van der Waals surface area contributed by atoms with E-state index >= 15 is 0 Å². The third-order valence-electron chi connectivity index (χ3n) is 4.58. The summed E-state index contributed by atoms with van der Waals surface area (Å²) in [6.07, 6.45) is -0.474. The topological polar surface area (TPSA) is 189 Å². The molecule has 1 aliphatic rings. The molecule has 13 nitrogen and oxygen atoms in total. The van der Waals surface area contributed by atoms with Crippen molar-refractivity contribution in [1.82, 2.24) is 29.7 Å². The number of hydrogen-bond acceptors (Lipinski definition) is 10. The number of carbonyl (C=O) groups is 1. The van der Waals surface area contributed by atoms with Gasteiger partial charge in [0.2, 0.25) is 5.95 Å². The number of aromatic nitrogens is 6. The number of nitrogens with one attached hydrogen (secondary N) is 1. The highest BCUT2D eigenvalue weighted by Gasteiger charge is 2.44. The van der Waals surface area contributed by atoms with Gasteiger partial charge >= 0.3 is 0 Å². The Morgan fingerprint density at radius 1 is 1.39 bits per heavy atom. The molecule has 1 saturated heterocycles. The highest BCUT2D eigenvalue weighted by Crippen LogP contribution is 2.32. The van der Waals surface area contributed by atoms with Crippen LogP contribution in [0.1, 0.15) is 16.6 Å². The van der Waals surface area contributed by atoms with Crippen molar-refractivity contribution in [3.8, 4) is 0 Å². The van der Waals surface area contributed by atoms with E-state index in [0.717, 1.165) is 0 Å². The molecule has 28 heavy (non-hydrogen) atoms. The summed E-state index contributed by atoms with van der Waals surface area (Å²) in [6.45, 7) is -0.467. The van der Waals surface area contributed by atoms with Gasteiger partial charge in [-0.3, -0.25) is 19.4 Å². The van der Waals surface area contributed by atoms with Crippen LogP contribution in [-0.2, 0) is 4.74 Å². The number of nitrogens with two attached hydrogens (primary N) is 1. The Hall–Kier alpha value is -3.13. The van der Waals surface area contributed by atoms with Crippen molar-refractivity contribution in [3.63, 3.8) is 0 Å². The van der Waals surface area contributed by atoms with Gasteiger partial charge in [-0.2, -0.15) is 15.1 Å². The zero-order valence-electron chi connectivity index (χ0n) is 14.7. The maximum Gasteiger partial charge on any atom is 0.263 e. The number of hydrogen-bond donors (Lipinski definition) is 5. The number of nitrogen functional groups attached to an aromatic ring is 1. The second-order valence-corrected chi connectivity index (χ2v) is 6.31. The number of aliphatic hydroxyl groups is 3. The maximum atomic E-state index is 12.5. The van der Waals surface area contributed by atoms with Crippen LogP contribution in [0.4, 0.5) is 11.8 Å². The first kappa shape index (κ1) is 18.2. The fourth-order valence-electron chi connectivity index (χ4n) is 3.02. The Morgan fingerprint density at radius 3 is 2.82 bits per heavy atom. The summed E-state index contributed by atoms with van der Waals surface area (Å²) >= 11 is 0. The first-order valence-corrected chi connectivity index (χ1v) is 8.31. The minimum atomic E-state index is -1.32. The number of carbonyl (C=O) groups excluding carboxylic acids is 1. The lowest BCUT2D eigenvalue weighted by molar-refractivity contribution is -0.0511. The standard InChI is InChI=1S/C15H18N8O5/c1-22(13(27)6-2-18-19-3-6)15-20-11(16)8-12(21-15)23(5-17-8)14-10(26)9(25)7(4-24)28-14/h2-3,5,7,9-10,14,24-26H,4H2,1H3,(H,18,19)(H2,16,20,21)/t7-,9-,10-,14-/m1/s1. The largest absolute Gasteiger partial charge is 0.394 e. The molecular formula is C15H18N8O5. The molecule has 1 aliphatic heterocycles. The van der Waals surface area contributed by atoms with Crippen molar-refractivity contribution >= 4 is 28.8 Å². The van der Waals surface area contributed by atoms with Crippen LogP contribution in [0.3, 0.4) is 0 Å². The first-order valence-electron chi connectivity index (χ1n) is 8.31. The van der Waals surface area contributed by atoms with Gasteiger partial charge in [0.05, 0.1) is 24.7 Å². The fourth-order valence-corrected chi connectivity index (χ4v) is 3.02. The Kier molecular flexibility index (Phi) is 4.43. The number of nitrogens with zero attached hydrogens (tertiary/aromatic N) is 6. The number of rotatable bonds is 4. The highest BCUT2D eigenvalue weighted by molar-refractivity contribution is 6.04. The molecule has 0 aliphatic carbocycles. The SMILES string of the molecule is CN(C(=O)c1cn[nH]c1)c1nc(N)c2ncn([C@@H]3O[C@H](CO)[C@@H](O)[C@H]3O)c2n1. The summed E-state index contributed by atoms with van der Waals surface area (Å²) in [6, 6.07) is 0. The molecular weight excluding hydrogens is 372 g/mol. The van der Waals surface area contributed by atoms with Crippen LogP contribution >= 0.6 is 0 Å². The molecule has 0 unspecified atom stereocenters. The lowest BCUT2D eigenvalue weighted by Crippen LogP contribution is -2.33. The lowest BCUT2D eigenvalue weighted by atomic mass is 10.1. The number of imidazole rings is 1.